The molecule has 0 fully saturated rings. The molecular formula is C18H18ClNO. The molecule has 0 aliphatic carbocycles. The van der Waals surface area contributed by atoms with Gasteiger partial charge in [-0.2, -0.15) is 0 Å². The second-order valence-corrected chi connectivity index (χ2v) is 5.84. The summed E-state index contributed by atoms with van der Waals surface area (Å²) in [6, 6.07) is 14.2. The SMILES string of the molecule is Cc1ccc(NC(C)c2oc3ccccc3c2C)c(Cl)c1. The molecular weight excluding hydrogens is 282 g/mol. The average Bonchev–Trinajstić information content (AvgIpc) is 2.80. The molecule has 0 amide bonds. The topological polar surface area (TPSA) is 25.2 Å². The van der Waals surface area contributed by atoms with Gasteiger partial charge in [-0.1, -0.05) is 35.9 Å². The smallest absolute Gasteiger partial charge is 0.134 e. The first-order valence-corrected chi connectivity index (χ1v) is 7.45. The third-order valence-corrected chi connectivity index (χ3v) is 4.08. The van der Waals surface area contributed by atoms with Gasteiger partial charge in [0.2, 0.25) is 0 Å². The van der Waals surface area contributed by atoms with Crippen molar-refractivity contribution in [1.29, 1.82) is 0 Å². The number of fused-ring (bicyclic) bond motifs is 1. The normalized spacial score (nSPS) is 12.6. The molecule has 0 saturated carbocycles. The van der Waals surface area contributed by atoms with Crippen LogP contribution in [0.25, 0.3) is 11.0 Å². The lowest BCUT2D eigenvalue weighted by molar-refractivity contribution is 0.522. The second kappa shape index (κ2) is 5.45. The van der Waals surface area contributed by atoms with Crippen LogP contribution < -0.4 is 5.32 Å². The number of para-hydroxylation sites is 1. The van der Waals surface area contributed by atoms with E-state index in [0.717, 1.165) is 33.0 Å². The van der Waals surface area contributed by atoms with Crippen LogP contribution in [0.5, 0.6) is 0 Å². The highest BCUT2D eigenvalue weighted by Crippen LogP contribution is 2.32. The monoisotopic (exact) mass is 299 g/mol. The summed E-state index contributed by atoms with van der Waals surface area (Å²) in [6.45, 7) is 6.21. The van der Waals surface area contributed by atoms with Crippen LogP contribution in [-0.4, -0.2) is 0 Å². The fourth-order valence-corrected chi connectivity index (χ4v) is 2.93. The van der Waals surface area contributed by atoms with Crippen molar-refractivity contribution in [2.24, 2.45) is 0 Å². The van der Waals surface area contributed by atoms with Crippen molar-refractivity contribution in [3.63, 3.8) is 0 Å². The zero-order chi connectivity index (χ0) is 15.0. The Hall–Kier alpha value is -1.93. The lowest BCUT2D eigenvalue weighted by atomic mass is 10.1. The number of hydrogen-bond acceptors (Lipinski definition) is 2. The van der Waals surface area contributed by atoms with E-state index in [4.69, 9.17) is 16.0 Å². The fraction of sp³-hybridized carbons (Fsp3) is 0.222. The zero-order valence-electron chi connectivity index (χ0n) is 12.4. The summed E-state index contributed by atoms with van der Waals surface area (Å²) in [4.78, 5) is 0. The van der Waals surface area contributed by atoms with Crippen LogP contribution in [0, 0.1) is 13.8 Å². The van der Waals surface area contributed by atoms with E-state index >= 15 is 0 Å². The van der Waals surface area contributed by atoms with Gasteiger partial charge >= 0.3 is 0 Å². The molecule has 3 heteroatoms. The van der Waals surface area contributed by atoms with E-state index in [1.54, 1.807) is 0 Å². The molecule has 2 aromatic carbocycles. The van der Waals surface area contributed by atoms with Crippen LogP contribution in [0.3, 0.4) is 0 Å². The van der Waals surface area contributed by atoms with Crippen LogP contribution in [0.1, 0.15) is 29.9 Å². The lowest BCUT2D eigenvalue weighted by Crippen LogP contribution is -2.07. The van der Waals surface area contributed by atoms with Crippen molar-refractivity contribution in [1.82, 2.24) is 0 Å². The molecule has 0 aliphatic rings. The Balaban J connectivity index is 1.93. The quantitative estimate of drug-likeness (QED) is 0.653. The Bertz CT molecular complexity index is 791. The molecule has 0 radical (unpaired) electrons. The molecule has 0 spiro atoms. The Kier molecular flexibility index (Phi) is 3.64. The van der Waals surface area contributed by atoms with E-state index in [9.17, 15) is 0 Å². The van der Waals surface area contributed by atoms with Crippen LogP contribution >= 0.6 is 11.6 Å². The van der Waals surface area contributed by atoms with Gasteiger partial charge in [0, 0.05) is 10.9 Å². The van der Waals surface area contributed by atoms with E-state index in [0.29, 0.717) is 0 Å². The standard InChI is InChI=1S/C18H18ClNO/c1-11-8-9-16(15(19)10-11)20-13(3)18-12(2)14-6-4-5-7-17(14)21-18/h4-10,13,20H,1-3H3. The first-order valence-electron chi connectivity index (χ1n) is 7.07. The molecule has 1 heterocycles. The minimum absolute atomic E-state index is 0.0533. The van der Waals surface area contributed by atoms with Gasteiger partial charge in [-0.15, -0.1) is 0 Å². The number of rotatable bonds is 3. The largest absolute Gasteiger partial charge is 0.459 e. The number of anilines is 1. The molecule has 0 aliphatic heterocycles. The molecule has 0 bridgehead atoms. The number of nitrogens with one attached hydrogen (secondary N) is 1. The first kappa shape index (κ1) is 14.0. The summed E-state index contributed by atoms with van der Waals surface area (Å²) in [5.74, 6) is 0.952. The van der Waals surface area contributed by atoms with Gasteiger partial charge in [0.25, 0.3) is 0 Å². The maximum atomic E-state index is 6.29. The second-order valence-electron chi connectivity index (χ2n) is 5.44. The number of benzene rings is 2. The predicted molar refractivity (Wildman–Crippen MR) is 89.2 cm³/mol. The van der Waals surface area contributed by atoms with E-state index in [1.165, 1.54) is 5.56 Å². The van der Waals surface area contributed by atoms with Crippen LogP contribution in [0.15, 0.2) is 46.9 Å². The predicted octanol–water partition coefficient (Wildman–Crippen LogP) is 5.88. The van der Waals surface area contributed by atoms with Crippen LogP contribution in [0.2, 0.25) is 5.02 Å². The summed E-state index contributed by atoms with van der Waals surface area (Å²) < 4.78 is 5.99. The van der Waals surface area contributed by atoms with Gasteiger partial charge < -0.3 is 9.73 Å². The van der Waals surface area contributed by atoms with Crippen molar-refractivity contribution in [3.8, 4) is 0 Å². The van der Waals surface area contributed by atoms with Crippen molar-refractivity contribution < 1.29 is 4.42 Å². The van der Waals surface area contributed by atoms with Crippen molar-refractivity contribution >= 4 is 28.3 Å². The number of halogens is 1. The van der Waals surface area contributed by atoms with E-state index in [-0.39, 0.29) is 6.04 Å². The molecule has 108 valence electrons. The first-order chi connectivity index (χ1) is 10.1. The van der Waals surface area contributed by atoms with E-state index < -0.39 is 0 Å². The number of hydrogen-bond donors (Lipinski definition) is 1. The van der Waals surface area contributed by atoms with Gasteiger partial charge in [-0.3, -0.25) is 0 Å². The van der Waals surface area contributed by atoms with Gasteiger partial charge in [-0.25, -0.2) is 0 Å². The van der Waals surface area contributed by atoms with E-state index in [1.807, 2.05) is 43.3 Å². The number of furan rings is 1. The minimum Gasteiger partial charge on any atom is -0.459 e. The average molecular weight is 300 g/mol. The van der Waals surface area contributed by atoms with Crippen molar-refractivity contribution in [2.45, 2.75) is 26.8 Å². The Labute approximate surface area is 129 Å². The maximum Gasteiger partial charge on any atom is 0.134 e. The molecule has 1 N–H and O–H groups in total. The summed E-state index contributed by atoms with van der Waals surface area (Å²) in [6.07, 6.45) is 0. The molecule has 1 atom stereocenters. The van der Waals surface area contributed by atoms with Gasteiger partial charge in [0.05, 0.1) is 16.8 Å². The Morgan fingerprint density at radius 2 is 1.86 bits per heavy atom. The van der Waals surface area contributed by atoms with Gasteiger partial charge in [0.1, 0.15) is 11.3 Å². The highest BCUT2D eigenvalue weighted by molar-refractivity contribution is 6.33. The third-order valence-electron chi connectivity index (χ3n) is 3.77. The highest BCUT2D eigenvalue weighted by Gasteiger charge is 2.17. The molecule has 1 unspecified atom stereocenters. The van der Waals surface area contributed by atoms with Crippen molar-refractivity contribution in [3.05, 3.63) is 64.4 Å². The summed E-state index contributed by atoms with van der Waals surface area (Å²) in [5, 5.41) is 5.32. The van der Waals surface area contributed by atoms with E-state index in [2.05, 4.69) is 25.2 Å². The zero-order valence-corrected chi connectivity index (χ0v) is 13.2. The highest BCUT2D eigenvalue weighted by atomic mass is 35.5. The maximum absolute atomic E-state index is 6.29. The Morgan fingerprint density at radius 1 is 1.10 bits per heavy atom. The molecule has 21 heavy (non-hydrogen) atoms. The Morgan fingerprint density at radius 3 is 2.57 bits per heavy atom. The summed E-state index contributed by atoms with van der Waals surface area (Å²) in [7, 11) is 0. The molecule has 3 aromatic rings. The van der Waals surface area contributed by atoms with Gasteiger partial charge in [0.15, 0.2) is 0 Å². The molecule has 2 nitrogen and oxygen atoms in total. The molecule has 3 rings (SSSR count). The third kappa shape index (κ3) is 2.64. The van der Waals surface area contributed by atoms with Crippen LogP contribution in [-0.2, 0) is 0 Å². The fourth-order valence-electron chi connectivity index (χ4n) is 2.64. The molecule has 1 aromatic heterocycles. The number of aryl methyl sites for hydroxylation is 2. The minimum atomic E-state index is 0.0533. The van der Waals surface area contributed by atoms with Crippen molar-refractivity contribution in [2.75, 3.05) is 5.32 Å². The van der Waals surface area contributed by atoms with Crippen LogP contribution in [0.4, 0.5) is 5.69 Å². The summed E-state index contributed by atoms with van der Waals surface area (Å²) >= 11 is 6.29. The summed E-state index contributed by atoms with van der Waals surface area (Å²) in [5.41, 5.74) is 4.18. The van der Waals surface area contributed by atoms with Gasteiger partial charge in [-0.05, 0) is 44.5 Å². The molecule has 0 saturated heterocycles. The lowest BCUT2D eigenvalue weighted by Gasteiger charge is -2.15.